The van der Waals surface area contributed by atoms with E-state index in [-0.39, 0.29) is 23.9 Å². The van der Waals surface area contributed by atoms with Gasteiger partial charge in [-0.3, -0.25) is 19.9 Å². The Balaban J connectivity index is 1.31. The molecule has 32 heavy (non-hydrogen) atoms. The lowest BCUT2D eigenvalue weighted by Crippen LogP contribution is -2.68. The highest BCUT2D eigenvalue weighted by Crippen LogP contribution is 2.38. The fraction of sp³-hybridized carbons (Fsp3) is 0.680. The average molecular weight is 440 g/mol. The second-order valence-corrected chi connectivity index (χ2v) is 9.88. The monoisotopic (exact) mass is 439 g/mol. The SMILES string of the molecule is CCCN1CCN(C(=O)C2CCC3C(C2)N(Cc2ccccc2)C(=O)C2CCNN23)CC1. The van der Waals surface area contributed by atoms with Gasteiger partial charge in [0.15, 0.2) is 0 Å². The van der Waals surface area contributed by atoms with E-state index in [4.69, 9.17) is 0 Å². The Bertz CT molecular complexity index is 810. The molecule has 3 aliphatic heterocycles. The van der Waals surface area contributed by atoms with Crippen LogP contribution < -0.4 is 5.43 Å². The van der Waals surface area contributed by atoms with Gasteiger partial charge in [0.1, 0.15) is 6.04 Å². The number of piperazine rings is 2. The minimum Gasteiger partial charge on any atom is -0.340 e. The molecular formula is C25H37N5O2. The Labute approximate surface area is 191 Å². The van der Waals surface area contributed by atoms with Crippen LogP contribution in [0.1, 0.15) is 44.6 Å². The first-order valence-electron chi connectivity index (χ1n) is 12.5. The van der Waals surface area contributed by atoms with Gasteiger partial charge in [0.25, 0.3) is 0 Å². The van der Waals surface area contributed by atoms with Gasteiger partial charge in [-0.2, -0.15) is 0 Å². The Kier molecular flexibility index (Phi) is 6.49. The van der Waals surface area contributed by atoms with Crippen LogP contribution >= 0.6 is 0 Å². The van der Waals surface area contributed by atoms with Crippen LogP contribution in [0.15, 0.2) is 30.3 Å². The smallest absolute Gasteiger partial charge is 0.242 e. The van der Waals surface area contributed by atoms with Crippen LogP contribution in [0.2, 0.25) is 0 Å². The summed E-state index contributed by atoms with van der Waals surface area (Å²) < 4.78 is 0. The van der Waals surface area contributed by atoms with Crippen molar-refractivity contribution in [1.82, 2.24) is 25.1 Å². The summed E-state index contributed by atoms with van der Waals surface area (Å²) in [4.78, 5) is 33.6. The molecular weight excluding hydrogens is 402 g/mol. The maximum absolute atomic E-state index is 13.5. The van der Waals surface area contributed by atoms with Crippen molar-refractivity contribution in [2.75, 3.05) is 39.3 Å². The van der Waals surface area contributed by atoms with E-state index in [1.54, 1.807) is 0 Å². The molecule has 5 rings (SSSR count). The molecule has 3 saturated heterocycles. The molecule has 3 heterocycles. The average Bonchev–Trinajstić information content (AvgIpc) is 3.33. The zero-order valence-corrected chi connectivity index (χ0v) is 19.3. The van der Waals surface area contributed by atoms with Crippen molar-refractivity contribution in [2.24, 2.45) is 5.92 Å². The van der Waals surface area contributed by atoms with Crippen molar-refractivity contribution in [3.8, 4) is 0 Å². The molecule has 1 N–H and O–H groups in total. The summed E-state index contributed by atoms with van der Waals surface area (Å²) in [6.07, 6.45) is 4.71. The van der Waals surface area contributed by atoms with Crippen molar-refractivity contribution in [3.05, 3.63) is 35.9 Å². The predicted octanol–water partition coefficient (Wildman–Crippen LogP) is 1.70. The molecule has 1 aliphatic carbocycles. The Hall–Kier alpha value is -1.96. The highest BCUT2D eigenvalue weighted by Gasteiger charge is 2.51. The second kappa shape index (κ2) is 9.49. The van der Waals surface area contributed by atoms with Crippen LogP contribution in [-0.4, -0.2) is 88.9 Å². The van der Waals surface area contributed by atoms with Crippen LogP contribution in [0.25, 0.3) is 0 Å². The lowest BCUT2D eigenvalue weighted by Gasteiger charge is -2.52. The van der Waals surface area contributed by atoms with Gasteiger partial charge in [0.05, 0.1) is 0 Å². The lowest BCUT2D eigenvalue weighted by molar-refractivity contribution is -0.159. The molecule has 0 spiro atoms. The Morgan fingerprint density at radius 2 is 1.81 bits per heavy atom. The van der Waals surface area contributed by atoms with Crippen molar-refractivity contribution < 1.29 is 9.59 Å². The molecule has 1 saturated carbocycles. The number of nitrogens with one attached hydrogen (secondary N) is 1. The summed E-state index contributed by atoms with van der Waals surface area (Å²) in [5.74, 6) is 0.559. The maximum Gasteiger partial charge on any atom is 0.242 e. The first-order valence-corrected chi connectivity index (χ1v) is 12.5. The molecule has 4 aliphatic rings. The van der Waals surface area contributed by atoms with Crippen LogP contribution in [-0.2, 0) is 16.1 Å². The number of carbonyl (C=O) groups is 2. The summed E-state index contributed by atoms with van der Waals surface area (Å²) in [6.45, 7) is 8.48. The molecule has 0 aromatic heterocycles. The third kappa shape index (κ3) is 4.18. The van der Waals surface area contributed by atoms with Gasteiger partial charge in [0, 0.05) is 57.3 Å². The molecule has 174 valence electrons. The van der Waals surface area contributed by atoms with Crippen molar-refractivity contribution >= 4 is 11.8 Å². The summed E-state index contributed by atoms with van der Waals surface area (Å²) >= 11 is 0. The highest BCUT2D eigenvalue weighted by atomic mass is 16.2. The number of hydrazine groups is 1. The van der Waals surface area contributed by atoms with Crippen LogP contribution in [0, 0.1) is 5.92 Å². The van der Waals surface area contributed by atoms with E-state index in [2.05, 4.69) is 44.2 Å². The Morgan fingerprint density at radius 1 is 1.03 bits per heavy atom. The van der Waals surface area contributed by atoms with Gasteiger partial charge in [-0.1, -0.05) is 37.3 Å². The van der Waals surface area contributed by atoms with Gasteiger partial charge in [-0.05, 0) is 44.2 Å². The third-order valence-electron chi connectivity index (χ3n) is 7.92. The highest BCUT2D eigenvalue weighted by molar-refractivity contribution is 5.84. The second-order valence-electron chi connectivity index (χ2n) is 9.88. The van der Waals surface area contributed by atoms with Crippen molar-refractivity contribution in [1.29, 1.82) is 0 Å². The predicted molar refractivity (Wildman–Crippen MR) is 123 cm³/mol. The molecule has 4 unspecified atom stereocenters. The number of nitrogens with zero attached hydrogens (tertiary/aromatic N) is 4. The first kappa shape index (κ1) is 21.9. The zero-order chi connectivity index (χ0) is 22.1. The summed E-state index contributed by atoms with van der Waals surface area (Å²) in [7, 11) is 0. The first-order chi connectivity index (χ1) is 15.7. The van der Waals surface area contributed by atoms with E-state index < -0.39 is 0 Å². The maximum atomic E-state index is 13.5. The van der Waals surface area contributed by atoms with Gasteiger partial charge in [-0.25, -0.2) is 5.01 Å². The molecule has 1 aromatic rings. The van der Waals surface area contributed by atoms with E-state index in [0.29, 0.717) is 18.5 Å². The van der Waals surface area contributed by atoms with E-state index >= 15 is 0 Å². The number of benzene rings is 1. The van der Waals surface area contributed by atoms with Gasteiger partial charge in [-0.15, -0.1) is 0 Å². The minimum absolute atomic E-state index is 0.0270. The molecule has 7 nitrogen and oxygen atoms in total. The summed E-state index contributed by atoms with van der Waals surface area (Å²) in [5.41, 5.74) is 4.65. The lowest BCUT2D eigenvalue weighted by atomic mass is 9.78. The minimum atomic E-state index is -0.0566. The Morgan fingerprint density at radius 3 is 2.56 bits per heavy atom. The number of hydrogen-bond acceptors (Lipinski definition) is 5. The number of amides is 2. The van der Waals surface area contributed by atoms with Crippen molar-refractivity contribution in [2.45, 2.75) is 63.7 Å². The number of fused-ring (bicyclic) bond motifs is 3. The molecule has 4 atom stereocenters. The van der Waals surface area contributed by atoms with E-state index in [1.807, 2.05) is 18.2 Å². The largest absolute Gasteiger partial charge is 0.340 e. The quantitative estimate of drug-likeness (QED) is 0.757. The van der Waals surface area contributed by atoms with Crippen LogP contribution in [0.5, 0.6) is 0 Å². The molecule has 0 bridgehead atoms. The zero-order valence-electron chi connectivity index (χ0n) is 19.3. The van der Waals surface area contributed by atoms with E-state index in [9.17, 15) is 9.59 Å². The number of hydrogen-bond donors (Lipinski definition) is 1. The molecule has 2 amide bonds. The van der Waals surface area contributed by atoms with Gasteiger partial charge < -0.3 is 9.80 Å². The molecule has 1 aromatic carbocycles. The third-order valence-corrected chi connectivity index (χ3v) is 7.92. The molecule has 4 fully saturated rings. The summed E-state index contributed by atoms with van der Waals surface area (Å²) in [5, 5.41) is 2.23. The fourth-order valence-electron chi connectivity index (χ4n) is 6.28. The molecule has 0 radical (unpaired) electrons. The summed E-state index contributed by atoms with van der Waals surface area (Å²) in [6, 6.07) is 10.6. The van der Waals surface area contributed by atoms with E-state index in [1.165, 1.54) is 5.56 Å². The topological polar surface area (TPSA) is 59.1 Å². The van der Waals surface area contributed by atoms with Crippen LogP contribution in [0.4, 0.5) is 0 Å². The van der Waals surface area contributed by atoms with E-state index in [0.717, 1.165) is 71.4 Å². The van der Waals surface area contributed by atoms with Crippen LogP contribution in [0.3, 0.4) is 0 Å². The normalized spacial score (nSPS) is 31.5. The molecule has 7 heteroatoms. The number of carbonyl (C=O) groups excluding carboxylic acids is 2. The number of rotatable bonds is 5. The van der Waals surface area contributed by atoms with Crippen molar-refractivity contribution in [3.63, 3.8) is 0 Å². The standard InChI is InChI=1S/C25H37N5O2/c1-2-12-27-13-15-28(16-14-27)24(31)20-8-9-21-23(17-20)29(18-19-6-4-3-5-7-19)25(32)22-10-11-26-30(21)22/h3-7,20-23,26H,2,8-18H2,1H3. The van der Waals surface area contributed by atoms with Gasteiger partial charge in [0.2, 0.25) is 11.8 Å². The fourth-order valence-corrected chi connectivity index (χ4v) is 6.28. The van der Waals surface area contributed by atoms with Gasteiger partial charge >= 0.3 is 0 Å².